The van der Waals surface area contributed by atoms with Crippen molar-refractivity contribution in [2.45, 2.75) is 39.0 Å². The van der Waals surface area contributed by atoms with Crippen LogP contribution in [0.4, 0.5) is 0 Å². The van der Waals surface area contributed by atoms with E-state index in [9.17, 15) is 4.79 Å². The topological polar surface area (TPSA) is 41.1 Å². The largest absolute Gasteiger partial charge is 0.355 e. The molecule has 1 saturated carbocycles. The molecule has 1 rings (SSSR count). The summed E-state index contributed by atoms with van der Waals surface area (Å²) in [7, 11) is 0. The summed E-state index contributed by atoms with van der Waals surface area (Å²) in [6, 6.07) is 0. The monoisotopic (exact) mass is 198 g/mol. The second-order valence-electron chi connectivity index (χ2n) is 4.06. The van der Waals surface area contributed by atoms with Crippen molar-refractivity contribution in [1.29, 1.82) is 0 Å². The first-order valence-corrected chi connectivity index (χ1v) is 5.80. The summed E-state index contributed by atoms with van der Waals surface area (Å²) in [6.45, 7) is 4.69. The van der Waals surface area contributed by atoms with Crippen LogP contribution in [0.1, 0.15) is 39.0 Å². The molecular formula is C11H22N2O. The predicted octanol–water partition coefficient (Wildman–Crippen LogP) is 1.29. The molecule has 0 aromatic carbocycles. The molecule has 0 saturated heterocycles. The van der Waals surface area contributed by atoms with E-state index in [1.165, 1.54) is 25.7 Å². The quantitative estimate of drug-likeness (QED) is 0.631. The van der Waals surface area contributed by atoms with Crippen molar-refractivity contribution in [2.75, 3.05) is 19.6 Å². The first-order chi connectivity index (χ1) is 6.83. The van der Waals surface area contributed by atoms with Crippen molar-refractivity contribution in [2.24, 2.45) is 5.92 Å². The average Bonchev–Trinajstić information content (AvgIpc) is 2.65. The molecule has 0 radical (unpaired) electrons. The Labute approximate surface area is 86.6 Å². The molecule has 1 fully saturated rings. The van der Waals surface area contributed by atoms with E-state index in [2.05, 4.69) is 17.6 Å². The van der Waals surface area contributed by atoms with E-state index in [-0.39, 0.29) is 5.91 Å². The third kappa shape index (κ3) is 4.61. The van der Waals surface area contributed by atoms with Gasteiger partial charge in [0.15, 0.2) is 0 Å². The Balaban J connectivity index is 1.98. The van der Waals surface area contributed by atoms with Crippen LogP contribution in [0.3, 0.4) is 0 Å². The number of carbonyl (C=O) groups is 1. The number of carbonyl (C=O) groups excluding carboxylic acids is 1. The van der Waals surface area contributed by atoms with Gasteiger partial charge in [-0.25, -0.2) is 0 Å². The van der Waals surface area contributed by atoms with Crippen LogP contribution in [-0.2, 0) is 4.79 Å². The lowest BCUT2D eigenvalue weighted by molar-refractivity contribution is -0.121. The van der Waals surface area contributed by atoms with E-state index < -0.39 is 0 Å². The highest BCUT2D eigenvalue weighted by Crippen LogP contribution is 2.27. The number of nitrogens with one attached hydrogen (secondary N) is 2. The summed E-state index contributed by atoms with van der Waals surface area (Å²) >= 11 is 0. The molecule has 0 atom stereocenters. The normalized spacial score (nSPS) is 17.2. The summed E-state index contributed by atoms with van der Waals surface area (Å²) in [4.78, 5) is 11.4. The number of likely N-dealkylation sites (N-methyl/N-ethyl adjacent to an activating group) is 1. The molecular weight excluding hydrogens is 176 g/mol. The number of hydrogen-bond donors (Lipinski definition) is 2. The van der Waals surface area contributed by atoms with E-state index in [0.29, 0.717) is 5.92 Å². The Morgan fingerprint density at radius 3 is 2.64 bits per heavy atom. The first-order valence-electron chi connectivity index (χ1n) is 5.80. The number of hydrogen-bond acceptors (Lipinski definition) is 2. The summed E-state index contributed by atoms with van der Waals surface area (Å²) in [5.74, 6) is 0.893. The Bertz CT molecular complexity index is 165. The molecule has 3 heteroatoms. The standard InChI is InChI=1S/C11H22N2O/c1-2-12-7-8-13-11(14)9-10-5-3-4-6-10/h10,12H,2-9H2,1H3,(H,13,14). The molecule has 14 heavy (non-hydrogen) atoms. The lowest BCUT2D eigenvalue weighted by atomic mass is 10.0. The Morgan fingerprint density at radius 1 is 1.29 bits per heavy atom. The highest BCUT2D eigenvalue weighted by Gasteiger charge is 2.17. The van der Waals surface area contributed by atoms with Crippen LogP contribution in [-0.4, -0.2) is 25.5 Å². The van der Waals surface area contributed by atoms with Crippen LogP contribution < -0.4 is 10.6 Å². The van der Waals surface area contributed by atoms with Gasteiger partial charge in [0.1, 0.15) is 0 Å². The van der Waals surface area contributed by atoms with Gasteiger partial charge in [0.2, 0.25) is 5.91 Å². The van der Waals surface area contributed by atoms with Crippen molar-refractivity contribution in [1.82, 2.24) is 10.6 Å². The molecule has 1 aliphatic rings. The highest BCUT2D eigenvalue weighted by molar-refractivity contribution is 5.76. The smallest absolute Gasteiger partial charge is 0.220 e. The van der Waals surface area contributed by atoms with Gasteiger partial charge in [0.05, 0.1) is 0 Å². The van der Waals surface area contributed by atoms with E-state index in [0.717, 1.165) is 26.1 Å². The molecule has 82 valence electrons. The van der Waals surface area contributed by atoms with Gasteiger partial charge in [-0.1, -0.05) is 19.8 Å². The zero-order valence-electron chi connectivity index (χ0n) is 9.14. The van der Waals surface area contributed by atoms with Gasteiger partial charge >= 0.3 is 0 Å². The van der Waals surface area contributed by atoms with Crippen molar-refractivity contribution in [3.8, 4) is 0 Å². The fourth-order valence-electron chi connectivity index (χ4n) is 2.02. The predicted molar refractivity (Wildman–Crippen MR) is 58.1 cm³/mol. The van der Waals surface area contributed by atoms with Gasteiger partial charge in [-0.15, -0.1) is 0 Å². The van der Waals surface area contributed by atoms with E-state index in [4.69, 9.17) is 0 Å². The van der Waals surface area contributed by atoms with Crippen LogP contribution in [0, 0.1) is 5.92 Å². The maximum Gasteiger partial charge on any atom is 0.220 e. The summed E-state index contributed by atoms with van der Waals surface area (Å²) in [5.41, 5.74) is 0. The fourth-order valence-corrected chi connectivity index (χ4v) is 2.02. The minimum atomic E-state index is 0.231. The molecule has 0 aromatic rings. The zero-order valence-corrected chi connectivity index (χ0v) is 9.14. The number of rotatable bonds is 6. The van der Waals surface area contributed by atoms with Gasteiger partial charge in [0.25, 0.3) is 0 Å². The van der Waals surface area contributed by atoms with Gasteiger partial charge < -0.3 is 10.6 Å². The molecule has 1 aliphatic carbocycles. The second kappa shape index (κ2) is 6.82. The molecule has 0 aliphatic heterocycles. The lowest BCUT2D eigenvalue weighted by Gasteiger charge is -2.09. The number of amides is 1. The van der Waals surface area contributed by atoms with Crippen molar-refractivity contribution in [3.63, 3.8) is 0 Å². The Kier molecular flexibility index (Phi) is 5.60. The highest BCUT2D eigenvalue weighted by atomic mass is 16.1. The summed E-state index contributed by atoms with van der Waals surface area (Å²) in [5, 5.41) is 6.13. The van der Waals surface area contributed by atoms with Crippen LogP contribution in [0.25, 0.3) is 0 Å². The van der Waals surface area contributed by atoms with E-state index >= 15 is 0 Å². The lowest BCUT2D eigenvalue weighted by Crippen LogP contribution is -2.32. The molecule has 0 unspecified atom stereocenters. The second-order valence-corrected chi connectivity index (χ2v) is 4.06. The molecule has 3 nitrogen and oxygen atoms in total. The van der Waals surface area contributed by atoms with E-state index in [1.807, 2.05) is 0 Å². The van der Waals surface area contributed by atoms with Crippen LogP contribution in [0.5, 0.6) is 0 Å². The maximum absolute atomic E-state index is 11.4. The van der Waals surface area contributed by atoms with Crippen LogP contribution >= 0.6 is 0 Å². The molecule has 2 N–H and O–H groups in total. The van der Waals surface area contributed by atoms with Crippen molar-refractivity contribution in [3.05, 3.63) is 0 Å². The minimum Gasteiger partial charge on any atom is -0.355 e. The van der Waals surface area contributed by atoms with Gasteiger partial charge in [0, 0.05) is 19.5 Å². The zero-order chi connectivity index (χ0) is 10.2. The maximum atomic E-state index is 11.4. The third-order valence-corrected chi connectivity index (χ3v) is 2.82. The van der Waals surface area contributed by atoms with Gasteiger partial charge in [-0.3, -0.25) is 4.79 Å². The van der Waals surface area contributed by atoms with Gasteiger partial charge in [-0.05, 0) is 25.3 Å². The Morgan fingerprint density at radius 2 is 2.00 bits per heavy atom. The van der Waals surface area contributed by atoms with Crippen molar-refractivity contribution >= 4 is 5.91 Å². The third-order valence-electron chi connectivity index (χ3n) is 2.82. The molecule has 0 heterocycles. The van der Waals surface area contributed by atoms with Crippen LogP contribution in [0.15, 0.2) is 0 Å². The minimum absolute atomic E-state index is 0.231. The molecule has 0 bridgehead atoms. The SMILES string of the molecule is CCNCCNC(=O)CC1CCCC1. The van der Waals surface area contributed by atoms with Crippen LogP contribution in [0.2, 0.25) is 0 Å². The van der Waals surface area contributed by atoms with E-state index in [1.54, 1.807) is 0 Å². The molecule has 1 amide bonds. The summed E-state index contributed by atoms with van der Waals surface area (Å²) in [6.07, 6.45) is 5.87. The van der Waals surface area contributed by atoms with Crippen molar-refractivity contribution < 1.29 is 4.79 Å². The summed E-state index contributed by atoms with van der Waals surface area (Å²) < 4.78 is 0. The first kappa shape index (κ1) is 11.5. The fraction of sp³-hybridized carbons (Fsp3) is 0.909. The van der Waals surface area contributed by atoms with Gasteiger partial charge in [-0.2, -0.15) is 0 Å². The Hall–Kier alpha value is -0.570. The molecule has 0 spiro atoms. The average molecular weight is 198 g/mol. The molecule has 0 aromatic heterocycles.